The lowest BCUT2D eigenvalue weighted by atomic mass is 10.0. The molecule has 0 atom stereocenters. The zero-order valence-electron chi connectivity index (χ0n) is 17.3. The molecule has 2 N–H and O–H groups in total. The summed E-state index contributed by atoms with van der Waals surface area (Å²) in [5, 5.41) is 10.8. The van der Waals surface area contributed by atoms with Crippen LogP contribution < -0.4 is 10.1 Å². The molecule has 0 bridgehead atoms. The number of carbonyl (C=O) groups excluding carboxylic acids is 1. The standard InChI is InChI=1S/C24H20ClFN4O2/c1-24(9-10-24)21-16-11-15(12-27-22(16)30-29-21)28-23(31)19-17(25)7-8-18(20(19)26)32-13-14-5-3-2-4-6-14/h2-8,11-12H,9-10,13H2,1H3,(H,28,31)(H,27,29,30). The summed E-state index contributed by atoms with van der Waals surface area (Å²) in [4.78, 5) is 17.2. The Morgan fingerprint density at radius 2 is 2.03 bits per heavy atom. The van der Waals surface area contributed by atoms with Crippen molar-refractivity contribution in [3.05, 3.63) is 82.4 Å². The van der Waals surface area contributed by atoms with Crippen molar-refractivity contribution >= 4 is 34.2 Å². The zero-order chi connectivity index (χ0) is 22.3. The molecule has 0 aliphatic heterocycles. The monoisotopic (exact) mass is 450 g/mol. The highest BCUT2D eigenvalue weighted by molar-refractivity contribution is 6.34. The SMILES string of the molecule is CC1(c2[nH]nc3ncc(NC(=O)c4c(Cl)ccc(OCc5ccccc5)c4F)cc23)CC1. The molecule has 2 aromatic heterocycles. The number of nitrogens with zero attached hydrogens (tertiary/aromatic N) is 2. The molecule has 6 nitrogen and oxygen atoms in total. The number of fused-ring (bicyclic) bond motifs is 1. The molecule has 4 aromatic rings. The molecule has 0 saturated heterocycles. The molecule has 162 valence electrons. The number of H-pyrrole nitrogens is 1. The Bertz CT molecular complexity index is 1320. The summed E-state index contributed by atoms with van der Waals surface area (Å²) in [7, 11) is 0. The number of ether oxygens (including phenoxy) is 1. The Labute approximate surface area is 188 Å². The van der Waals surface area contributed by atoms with Crippen molar-refractivity contribution < 1.29 is 13.9 Å². The summed E-state index contributed by atoms with van der Waals surface area (Å²) >= 11 is 6.16. The van der Waals surface area contributed by atoms with Gasteiger partial charge in [-0.05, 0) is 36.6 Å². The molecule has 0 radical (unpaired) electrons. The van der Waals surface area contributed by atoms with Gasteiger partial charge in [-0.2, -0.15) is 5.10 Å². The average molecular weight is 451 g/mol. The first-order valence-corrected chi connectivity index (χ1v) is 10.6. The van der Waals surface area contributed by atoms with Crippen LogP contribution in [0.1, 0.15) is 41.4 Å². The van der Waals surface area contributed by atoms with E-state index in [-0.39, 0.29) is 28.4 Å². The van der Waals surface area contributed by atoms with E-state index in [4.69, 9.17) is 16.3 Å². The van der Waals surface area contributed by atoms with Crippen LogP contribution in [-0.2, 0) is 12.0 Å². The van der Waals surface area contributed by atoms with Crippen molar-refractivity contribution in [3.63, 3.8) is 0 Å². The highest BCUT2D eigenvalue weighted by atomic mass is 35.5. The second kappa shape index (κ2) is 7.91. The number of benzene rings is 2. The molecule has 32 heavy (non-hydrogen) atoms. The van der Waals surface area contributed by atoms with Gasteiger partial charge in [0, 0.05) is 10.8 Å². The van der Waals surface area contributed by atoms with E-state index in [2.05, 4.69) is 27.4 Å². The average Bonchev–Trinajstić information content (AvgIpc) is 3.38. The lowest BCUT2D eigenvalue weighted by Gasteiger charge is -2.12. The maximum Gasteiger partial charge on any atom is 0.260 e. The number of rotatable bonds is 6. The number of amides is 1. The topological polar surface area (TPSA) is 79.9 Å². The first-order valence-electron chi connectivity index (χ1n) is 10.3. The Balaban J connectivity index is 1.39. The van der Waals surface area contributed by atoms with Crippen molar-refractivity contribution in [2.45, 2.75) is 31.8 Å². The lowest BCUT2D eigenvalue weighted by molar-refractivity contribution is 0.102. The predicted octanol–water partition coefficient (Wildman–Crippen LogP) is 5.63. The molecular weight excluding hydrogens is 431 g/mol. The predicted molar refractivity (Wildman–Crippen MR) is 121 cm³/mol. The summed E-state index contributed by atoms with van der Waals surface area (Å²) in [6.45, 7) is 2.32. The van der Waals surface area contributed by atoms with E-state index < -0.39 is 11.7 Å². The highest BCUT2D eigenvalue weighted by Crippen LogP contribution is 2.48. The van der Waals surface area contributed by atoms with Crippen molar-refractivity contribution in [2.24, 2.45) is 0 Å². The minimum Gasteiger partial charge on any atom is -0.486 e. The number of carbonyl (C=O) groups is 1. The Kier molecular flexibility index (Phi) is 5.06. The first-order chi connectivity index (χ1) is 15.4. The quantitative estimate of drug-likeness (QED) is 0.398. The van der Waals surface area contributed by atoms with E-state index in [1.165, 1.54) is 18.3 Å². The second-order valence-corrected chi connectivity index (χ2v) is 8.62. The minimum atomic E-state index is -0.811. The normalized spacial score (nSPS) is 14.3. The van der Waals surface area contributed by atoms with Crippen LogP contribution in [-0.4, -0.2) is 21.1 Å². The number of aromatic nitrogens is 3. The molecule has 0 unspecified atom stereocenters. The van der Waals surface area contributed by atoms with Crippen molar-refractivity contribution in [1.82, 2.24) is 15.2 Å². The largest absolute Gasteiger partial charge is 0.486 e. The van der Waals surface area contributed by atoms with Crippen molar-refractivity contribution in [1.29, 1.82) is 0 Å². The number of hydrogen-bond acceptors (Lipinski definition) is 4. The van der Waals surface area contributed by atoms with Crippen LogP contribution >= 0.6 is 11.6 Å². The molecule has 1 aliphatic rings. The number of halogens is 2. The number of pyridine rings is 1. The number of anilines is 1. The van der Waals surface area contributed by atoms with Gasteiger partial charge in [-0.1, -0.05) is 48.9 Å². The van der Waals surface area contributed by atoms with Crippen LogP contribution in [0, 0.1) is 5.82 Å². The van der Waals surface area contributed by atoms with Gasteiger partial charge in [0.25, 0.3) is 5.91 Å². The smallest absolute Gasteiger partial charge is 0.260 e. The molecular formula is C24H20ClFN4O2. The highest BCUT2D eigenvalue weighted by Gasteiger charge is 2.42. The molecule has 1 amide bonds. The summed E-state index contributed by atoms with van der Waals surface area (Å²) in [5.41, 5.74) is 2.66. The van der Waals surface area contributed by atoms with Gasteiger partial charge >= 0.3 is 0 Å². The third-order valence-corrected chi connectivity index (χ3v) is 6.11. The van der Waals surface area contributed by atoms with Gasteiger partial charge in [-0.3, -0.25) is 9.89 Å². The lowest BCUT2D eigenvalue weighted by Crippen LogP contribution is -2.15. The fraction of sp³-hybridized carbons (Fsp3) is 0.208. The van der Waals surface area contributed by atoms with Gasteiger partial charge in [0.15, 0.2) is 17.2 Å². The number of aromatic amines is 1. The van der Waals surface area contributed by atoms with E-state index in [0.29, 0.717) is 11.3 Å². The summed E-state index contributed by atoms with van der Waals surface area (Å²) < 4.78 is 20.7. The summed E-state index contributed by atoms with van der Waals surface area (Å²) in [6, 6.07) is 14.0. The van der Waals surface area contributed by atoms with Crippen LogP contribution in [0.3, 0.4) is 0 Å². The van der Waals surface area contributed by atoms with Gasteiger partial charge in [0.2, 0.25) is 0 Å². The molecule has 1 fully saturated rings. The maximum absolute atomic E-state index is 15.1. The van der Waals surface area contributed by atoms with Crippen molar-refractivity contribution in [3.8, 4) is 5.75 Å². The van der Waals surface area contributed by atoms with E-state index in [9.17, 15) is 4.79 Å². The molecule has 5 rings (SSSR count). The Morgan fingerprint density at radius 1 is 1.25 bits per heavy atom. The van der Waals surface area contributed by atoms with Gasteiger partial charge in [-0.25, -0.2) is 9.37 Å². The zero-order valence-corrected chi connectivity index (χ0v) is 18.0. The van der Waals surface area contributed by atoms with Gasteiger partial charge in [0.05, 0.1) is 28.2 Å². The van der Waals surface area contributed by atoms with Gasteiger partial charge < -0.3 is 10.1 Å². The van der Waals surface area contributed by atoms with Gasteiger partial charge in [-0.15, -0.1) is 0 Å². The maximum atomic E-state index is 15.1. The third-order valence-electron chi connectivity index (χ3n) is 5.79. The van der Waals surface area contributed by atoms with E-state index >= 15 is 4.39 Å². The van der Waals surface area contributed by atoms with Gasteiger partial charge in [0.1, 0.15) is 6.61 Å². The minimum absolute atomic E-state index is 0.00408. The van der Waals surface area contributed by atoms with Crippen molar-refractivity contribution in [2.75, 3.05) is 5.32 Å². The fourth-order valence-corrected chi connectivity index (χ4v) is 3.88. The Morgan fingerprint density at radius 3 is 2.78 bits per heavy atom. The first kappa shape index (κ1) is 20.5. The molecule has 8 heteroatoms. The molecule has 2 aromatic carbocycles. The molecule has 1 aliphatic carbocycles. The number of hydrogen-bond donors (Lipinski definition) is 2. The van der Waals surface area contributed by atoms with E-state index in [0.717, 1.165) is 29.5 Å². The van der Waals surface area contributed by atoms with Crippen LogP contribution in [0.5, 0.6) is 5.75 Å². The molecule has 2 heterocycles. The number of nitrogens with one attached hydrogen (secondary N) is 2. The second-order valence-electron chi connectivity index (χ2n) is 8.22. The van der Waals surface area contributed by atoms with Crippen LogP contribution in [0.2, 0.25) is 5.02 Å². The van der Waals surface area contributed by atoms with E-state index in [1.54, 1.807) is 6.07 Å². The fourth-order valence-electron chi connectivity index (χ4n) is 3.65. The van der Waals surface area contributed by atoms with E-state index in [1.807, 2.05) is 30.3 Å². The third kappa shape index (κ3) is 3.80. The van der Waals surface area contributed by atoms with Crippen LogP contribution in [0.15, 0.2) is 54.7 Å². The molecule has 0 spiro atoms. The van der Waals surface area contributed by atoms with Crippen LogP contribution in [0.25, 0.3) is 11.0 Å². The van der Waals surface area contributed by atoms with Crippen LogP contribution in [0.4, 0.5) is 10.1 Å². The summed E-state index contributed by atoms with van der Waals surface area (Å²) in [6.07, 6.45) is 3.62. The molecule has 1 saturated carbocycles. The Hall–Kier alpha value is -3.45. The summed E-state index contributed by atoms with van der Waals surface area (Å²) in [5.74, 6) is -1.54.